The highest BCUT2D eigenvalue weighted by molar-refractivity contribution is 5.87. The molecule has 0 saturated carbocycles. The molecule has 0 aliphatic carbocycles. The summed E-state index contributed by atoms with van der Waals surface area (Å²) in [5, 5.41) is 25.4. The minimum Gasteiger partial charge on any atom is -0.493 e. The van der Waals surface area contributed by atoms with E-state index in [4.69, 9.17) is 29.1 Å². The standard InChI is InChI=1S/C22H18N4O5/c1-27-14-5-3-11(7-16(14)28-2)18-13(9-23)21(24)31-22-19(18)20(25-26-22)12-4-6-15-17(8-12)30-10-29-15/h3-8,13,18,24H,10H2,1-2H3,(H,25,26). The number of ether oxygens (including phenoxy) is 5. The van der Waals surface area contributed by atoms with Gasteiger partial charge >= 0.3 is 0 Å². The van der Waals surface area contributed by atoms with E-state index in [9.17, 15) is 5.26 Å². The van der Waals surface area contributed by atoms with Gasteiger partial charge in [-0.3, -0.25) is 10.5 Å². The van der Waals surface area contributed by atoms with E-state index in [0.29, 0.717) is 34.3 Å². The summed E-state index contributed by atoms with van der Waals surface area (Å²) in [5.74, 6) is 1.18. The van der Waals surface area contributed by atoms with Gasteiger partial charge in [0.2, 0.25) is 18.6 Å². The number of benzene rings is 2. The molecule has 2 aliphatic rings. The van der Waals surface area contributed by atoms with Gasteiger partial charge in [-0.2, -0.15) is 5.26 Å². The van der Waals surface area contributed by atoms with Gasteiger partial charge in [0.25, 0.3) is 0 Å². The largest absolute Gasteiger partial charge is 0.493 e. The number of hydrogen-bond acceptors (Lipinski definition) is 8. The van der Waals surface area contributed by atoms with Crippen LogP contribution in [0.15, 0.2) is 36.4 Å². The lowest BCUT2D eigenvalue weighted by atomic mass is 9.78. The van der Waals surface area contributed by atoms with Crippen LogP contribution in [0.3, 0.4) is 0 Å². The van der Waals surface area contributed by atoms with Crippen molar-refractivity contribution >= 4 is 5.90 Å². The first-order valence-electron chi connectivity index (χ1n) is 9.50. The molecule has 9 nitrogen and oxygen atoms in total. The average Bonchev–Trinajstić information content (AvgIpc) is 3.43. The van der Waals surface area contributed by atoms with E-state index in [1.54, 1.807) is 20.3 Å². The maximum absolute atomic E-state index is 9.88. The van der Waals surface area contributed by atoms with Crippen LogP contribution in [0.5, 0.6) is 28.9 Å². The third kappa shape index (κ3) is 2.92. The van der Waals surface area contributed by atoms with Gasteiger partial charge in [-0.1, -0.05) is 6.07 Å². The number of fused-ring (bicyclic) bond motifs is 2. The number of nitrogens with zero attached hydrogens (tertiary/aromatic N) is 2. The molecule has 3 aromatic rings. The fourth-order valence-corrected chi connectivity index (χ4v) is 4.00. The highest BCUT2D eigenvalue weighted by Crippen LogP contribution is 2.48. The maximum Gasteiger partial charge on any atom is 0.244 e. The van der Waals surface area contributed by atoms with Crippen molar-refractivity contribution in [2.24, 2.45) is 5.92 Å². The van der Waals surface area contributed by atoms with Crippen molar-refractivity contribution in [3.63, 3.8) is 0 Å². The van der Waals surface area contributed by atoms with Crippen molar-refractivity contribution in [2.75, 3.05) is 21.0 Å². The third-order valence-electron chi connectivity index (χ3n) is 5.47. The van der Waals surface area contributed by atoms with E-state index >= 15 is 0 Å². The van der Waals surface area contributed by atoms with Gasteiger partial charge in [0.15, 0.2) is 23.0 Å². The Bertz CT molecular complexity index is 1230. The molecule has 0 amide bonds. The van der Waals surface area contributed by atoms with Gasteiger partial charge < -0.3 is 23.7 Å². The molecule has 0 fully saturated rings. The predicted molar refractivity (Wildman–Crippen MR) is 109 cm³/mol. The molecule has 2 unspecified atom stereocenters. The second-order valence-corrected chi connectivity index (χ2v) is 7.05. The Morgan fingerprint density at radius 2 is 1.90 bits per heavy atom. The van der Waals surface area contributed by atoms with Crippen LogP contribution in [0.1, 0.15) is 17.0 Å². The Hall–Kier alpha value is -4.19. The molecule has 0 radical (unpaired) electrons. The summed E-state index contributed by atoms with van der Waals surface area (Å²) in [5.41, 5.74) is 2.95. The molecule has 2 atom stereocenters. The maximum atomic E-state index is 9.88. The summed E-state index contributed by atoms with van der Waals surface area (Å²) < 4.78 is 27.3. The lowest BCUT2D eigenvalue weighted by molar-refractivity contribution is 0.174. The normalized spacial score (nSPS) is 18.7. The zero-order valence-electron chi connectivity index (χ0n) is 16.8. The minimum absolute atomic E-state index is 0.154. The van der Waals surface area contributed by atoms with Crippen LogP contribution in [0, 0.1) is 22.7 Å². The summed E-state index contributed by atoms with van der Waals surface area (Å²) in [6.45, 7) is 0.172. The van der Waals surface area contributed by atoms with E-state index < -0.39 is 11.8 Å². The van der Waals surface area contributed by atoms with Crippen LogP contribution in [0.2, 0.25) is 0 Å². The smallest absolute Gasteiger partial charge is 0.244 e. The van der Waals surface area contributed by atoms with Crippen LogP contribution in [0.4, 0.5) is 0 Å². The fraction of sp³-hybridized carbons (Fsp3) is 0.227. The van der Waals surface area contributed by atoms with E-state index in [0.717, 1.165) is 11.1 Å². The van der Waals surface area contributed by atoms with E-state index in [-0.39, 0.29) is 18.6 Å². The number of aromatic amines is 1. The van der Waals surface area contributed by atoms with Crippen LogP contribution < -0.4 is 23.7 Å². The van der Waals surface area contributed by atoms with Gasteiger partial charge in [-0.05, 0) is 35.9 Å². The number of hydrogen-bond donors (Lipinski definition) is 2. The Balaban J connectivity index is 1.69. The molecule has 2 aliphatic heterocycles. The molecule has 9 heteroatoms. The molecular formula is C22H18N4O5. The van der Waals surface area contributed by atoms with Gasteiger partial charge in [-0.15, -0.1) is 5.10 Å². The van der Waals surface area contributed by atoms with Crippen molar-refractivity contribution in [3.8, 4) is 46.2 Å². The minimum atomic E-state index is -0.837. The molecular weight excluding hydrogens is 400 g/mol. The van der Waals surface area contributed by atoms with Crippen molar-refractivity contribution in [1.29, 1.82) is 10.7 Å². The lowest BCUT2D eigenvalue weighted by Crippen LogP contribution is -2.30. The SMILES string of the molecule is COc1ccc(C2c3c(n[nH]c3-c3ccc4c(c3)OCO4)OC(=N)C2C#N)cc1OC. The third-order valence-corrected chi connectivity index (χ3v) is 5.47. The molecule has 31 heavy (non-hydrogen) atoms. The van der Waals surface area contributed by atoms with Gasteiger partial charge in [0.05, 0.1) is 31.5 Å². The number of nitrogens with one attached hydrogen (secondary N) is 2. The predicted octanol–water partition coefficient (Wildman–Crippen LogP) is 3.46. The first kappa shape index (κ1) is 18.8. The summed E-state index contributed by atoms with van der Waals surface area (Å²) in [6.07, 6.45) is 0. The zero-order valence-corrected chi connectivity index (χ0v) is 16.8. The van der Waals surface area contributed by atoms with Crippen molar-refractivity contribution in [3.05, 3.63) is 47.5 Å². The van der Waals surface area contributed by atoms with Crippen LogP contribution in [-0.2, 0) is 0 Å². The number of rotatable bonds is 4. The highest BCUT2D eigenvalue weighted by atomic mass is 16.7. The molecule has 2 N–H and O–H groups in total. The summed E-state index contributed by atoms with van der Waals surface area (Å²) in [7, 11) is 3.11. The highest BCUT2D eigenvalue weighted by Gasteiger charge is 2.41. The van der Waals surface area contributed by atoms with Gasteiger partial charge in [0, 0.05) is 11.5 Å². The molecule has 1 aromatic heterocycles. The zero-order chi connectivity index (χ0) is 21.5. The Morgan fingerprint density at radius 1 is 1.10 bits per heavy atom. The second-order valence-electron chi connectivity index (χ2n) is 7.05. The topological polar surface area (TPSA) is 122 Å². The molecule has 156 valence electrons. The molecule has 0 spiro atoms. The number of methoxy groups -OCH3 is 2. The van der Waals surface area contributed by atoms with Crippen molar-refractivity contribution in [2.45, 2.75) is 5.92 Å². The average molecular weight is 418 g/mol. The second kappa shape index (κ2) is 7.25. The lowest BCUT2D eigenvalue weighted by Gasteiger charge is -2.28. The molecule has 0 bridgehead atoms. The summed E-state index contributed by atoms with van der Waals surface area (Å²) >= 11 is 0. The molecule has 2 aromatic carbocycles. The van der Waals surface area contributed by atoms with Crippen LogP contribution in [0.25, 0.3) is 11.3 Å². The first-order chi connectivity index (χ1) is 15.1. The van der Waals surface area contributed by atoms with Crippen molar-refractivity contribution in [1.82, 2.24) is 10.2 Å². The van der Waals surface area contributed by atoms with E-state index in [1.165, 1.54) is 0 Å². The summed E-state index contributed by atoms with van der Waals surface area (Å²) in [4.78, 5) is 0. The van der Waals surface area contributed by atoms with E-state index in [1.807, 2.05) is 30.3 Å². The molecule has 0 saturated heterocycles. The van der Waals surface area contributed by atoms with Gasteiger partial charge in [0.1, 0.15) is 5.92 Å². The van der Waals surface area contributed by atoms with Gasteiger partial charge in [-0.25, -0.2) is 0 Å². The number of aromatic nitrogens is 2. The Kier molecular flexibility index (Phi) is 4.40. The molecule has 5 rings (SSSR count). The number of H-pyrrole nitrogens is 1. The summed E-state index contributed by atoms with van der Waals surface area (Å²) in [6, 6.07) is 13.2. The fourth-order valence-electron chi connectivity index (χ4n) is 4.00. The first-order valence-corrected chi connectivity index (χ1v) is 9.50. The Morgan fingerprint density at radius 3 is 2.68 bits per heavy atom. The van der Waals surface area contributed by atoms with Crippen LogP contribution >= 0.6 is 0 Å². The quantitative estimate of drug-likeness (QED) is 0.665. The monoisotopic (exact) mass is 418 g/mol. The van der Waals surface area contributed by atoms with Crippen LogP contribution in [-0.4, -0.2) is 37.1 Å². The molecule has 3 heterocycles. The van der Waals surface area contributed by atoms with E-state index in [2.05, 4.69) is 16.3 Å². The Labute approximate surface area is 177 Å². The number of nitriles is 1. The van der Waals surface area contributed by atoms with Crippen molar-refractivity contribution < 1.29 is 23.7 Å².